The second-order valence-corrected chi connectivity index (χ2v) is 17.9. The van der Waals surface area contributed by atoms with Crippen LogP contribution in [0, 0.1) is 23.7 Å². The van der Waals surface area contributed by atoms with E-state index in [-0.39, 0.29) is 55.6 Å². The Labute approximate surface area is 389 Å². The van der Waals surface area contributed by atoms with E-state index in [1.165, 1.54) is 43.0 Å². The van der Waals surface area contributed by atoms with E-state index in [1.54, 1.807) is 46.0 Å². The lowest BCUT2D eigenvalue weighted by Crippen LogP contribution is -2.61. The number of likely N-dealkylation sites (N-methyl/N-ethyl adjacent to an activating group) is 2. The number of hydrogen-bond donors (Lipinski definition) is 7. The number of rotatable bonds is 26. The van der Waals surface area contributed by atoms with Crippen molar-refractivity contribution in [3.63, 3.8) is 0 Å². The lowest BCUT2D eigenvalue weighted by molar-refractivity contribution is -0.158. The average molecular weight is 927 g/mol. The highest BCUT2D eigenvalue weighted by atomic mass is 16.5. The maximum atomic E-state index is 14.6. The van der Waals surface area contributed by atoms with Crippen LogP contribution in [0.4, 0.5) is 0 Å². The molecule has 0 radical (unpaired) electrons. The van der Waals surface area contributed by atoms with Gasteiger partial charge in [0.05, 0.1) is 0 Å². The minimum Gasteiger partial charge on any atom is -0.508 e. The van der Waals surface area contributed by atoms with Gasteiger partial charge in [0.15, 0.2) is 0 Å². The summed E-state index contributed by atoms with van der Waals surface area (Å²) in [5.41, 5.74) is 5.94. The molecular formula is C47H74N8O11. The van der Waals surface area contributed by atoms with Crippen LogP contribution in [0.2, 0.25) is 0 Å². The molecule has 1 aromatic rings. The zero-order valence-corrected chi connectivity index (χ0v) is 40.5. The standard InChI is InChI=1S/C47H74N8O11/c1-12-28(7)38(52-44(62)35(25-31-17-19-32(56)20-18-31)54(11)46(64)40(29(8)13-2)55-23-15-14-16-37(55)58)47(65)66-30(9)39(45(63)51-34(24-26(3)4)42(60)49-10)53-43(61)33(21-22-36(48)57)50-41(59)27(5)6/h15,17-20,23,26-30,33-35,38-40,56H,12-14,16,21-22,24-25H2,1-11H3,(H2,48,57)(H,49,60)(H,50,59)(H,51,63)(H,52,62)(H,53,61)/t28?,29?,30-,33+,34+,35+,38+,39-,40+/m1/s1. The van der Waals surface area contributed by atoms with Crippen LogP contribution in [-0.4, -0.2) is 125 Å². The van der Waals surface area contributed by atoms with E-state index >= 15 is 0 Å². The van der Waals surface area contributed by atoms with Crippen molar-refractivity contribution in [3.8, 4) is 5.75 Å². The number of nitrogens with zero attached hydrogens (tertiary/aromatic N) is 2. The molecule has 1 aliphatic rings. The Morgan fingerprint density at radius 1 is 0.788 bits per heavy atom. The molecule has 8 amide bonds. The van der Waals surface area contributed by atoms with Gasteiger partial charge in [-0.05, 0) is 61.6 Å². The van der Waals surface area contributed by atoms with E-state index in [9.17, 15) is 48.3 Å². The second kappa shape index (κ2) is 26.8. The molecule has 2 rings (SSSR count). The molecule has 2 unspecified atom stereocenters. The van der Waals surface area contributed by atoms with E-state index in [2.05, 4.69) is 26.6 Å². The predicted octanol–water partition coefficient (Wildman–Crippen LogP) is 1.94. The summed E-state index contributed by atoms with van der Waals surface area (Å²) in [5, 5.41) is 23.0. The summed E-state index contributed by atoms with van der Waals surface area (Å²) in [4.78, 5) is 125. The Hall–Kier alpha value is -6.01. The highest BCUT2D eigenvalue weighted by Crippen LogP contribution is 2.24. The number of hydrogen-bond acceptors (Lipinski definition) is 11. The van der Waals surface area contributed by atoms with E-state index in [4.69, 9.17) is 10.5 Å². The third-order valence-corrected chi connectivity index (χ3v) is 11.8. The number of amides is 8. The van der Waals surface area contributed by atoms with Gasteiger partial charge in [-0.15, -0.1) is 0 Å². The fraction of sp³-hybridized carbons (Fsp3) is 0.638. The first-order valence-electron chi connectivity index (χ1n) is 22.9. The minimum absolute atomic E-state index is 0.0149. The van der Waals surface area contributed by atoms with Crippen molar-refractivity contribution >= 4 is 53.2 Å². The Kier molecular flexibility index (Phi) is 22.8. The van der Waals surface area contributed by atoms with Crippen LogP contribution in [0.25, 0.3) is 0 Å². The molecule has 9 atom stereocenters. The maximum Gasteiger partial charge on any atom is 0.329 e. The molecule has 0 saturated carbocycles. The fourth-order valence-corrected chi connectivity index (χ4v) is 7.26. The second-order valence-electron chi connectivity index (χ2n) is 17.9. The summed E-state index contributed by atoms with van der Waals surface area (Å²) in [6.45, 7) is 15.4. The average Bonchev–Trinajstić information content (AvgIpc) is 3.27. The molecule has 0 aliphatic carbocycles. The highest BCUT2D eigenvalue weighted by Gasteiger charge is 2.41. The van der Waals surface area contributed by atoms with Crippen molar-refractivity contribution in [2.75, 3.05) is 14.1 Å². The SMILES string of the molecule is CCC(C)[C@H](NC(=O)[C@H](Cc1ccc(O)cc1)N(C)C(=O)[C@H](C(C)CC)N1C=CCCC1=O)C(=O)O[C@H](C)[C@@H](NC(=O)[C@H](CCC(N)=O)NC(=O)C(C)C)C(=O)N[C@@H](CC(C)C)C(=O)NC. The number of aromatic hydroxyl groups is 1. The van der Waals surface area contributed by atoms with Gasteiger partial charge in [0, 0.05) is 45.5 Å². The quantitative estimate of drug-likeness (QED) is 0.0660. The molecule has 1 aliphatic heterocycles. The number of phenols is 1. The number of phenolic OH excluding ortho intramolecular Hbond substituents is 1. The number of esters is 1. The molecule has 0 saturated heterocycles. The van der Waals surface area contributed by atoms with Crippen molar-refractivity contribution in [1.29, 1.82) is 0 Å². The van der Waals surface area contributed by atoms with Crippen molar-refractivity contribution in [2.24, 2.45) is 29.4 Å². The summed E-state index contributed by atoms with van der Waals surface area (Å²) in [6, 6.07) is -1.53. The van der Waals surface area contributed by atoms with Crippen LogP contribution in [0.5, 0.6) is 5.75 Å². The van der Waals surface area contributed by atoms with Crippen molar-refractivity contribution in [2.45, 2.75) is 156 Å². The van der Waals surface area contributed by atoms with Crippen LogP contribution in [0.1, 0.15) is 113 Å². The van der Waals surface area contributed by atoms with Gasteiger partial charge in [-0.1, -0.05) is 86.4 Å². The number of carbonyl (C=O) groups excluding carboxylic acids is 9. The van der Waals surface area contributed by atoms with Gasteiger partial charge >= 0.3 is 5.97 Å². The summed E-state index contributed by atoms with van der Waals surface area (Å²) in [5.74, 6) is -7.56. The summed E-state index contributed by atoms with van der Waals surface area (Å²) in [7, 11) is 2.85. The molecule has 8 N–H and O–H groups in total. The molecule has 0 aromatic heterocycles. The number of ether oxygens (including phenoxy) is 1. The summed E-state index contributed by atoms with van der Waals surface area (Å²) in [6.07, 6.45) is 3.25. The lowest BCUT2D eigenvalue weighted by Gasteiger charge is -2.38. The van der Waals surface area contributed by atoms with Gasteiger partial charge < -0.3 is 52.0 Å². The number of nitrogens with two attached hydrogens (primary N) is 1. The largest absolute Gasteiger partial charge is 0.508 e. The molecule has 368 valence electrons. The number of benzene rings is 1. The van der Waals surface area contributed by atoms with Crippen molar-refractivity contribution in [1.82, 2.24) is 36.4 Å². The number of carbonyl (C=O) groups is 9. The molecular weight excluding hydrogens is 853 g/mol. The number of primary amides is 1. The molecule has 19 heteroatoms. The lowest BCUT2D eigenvalue weighted by atomic mass is 9.93. The van der Waals surface area contributed by atoms with E-state index in [0.29, 0.717) is 24.8 Å². The first-order chi connectivity index (χ1) is 31.0. The normalized spacial score (nSPS) is 16.6. The third-order valence-electron chi connectivity index (χ3n) is 11.8. The van der Waals surface area contributed by atoms with Gasteiger partial charge in [-0.2, -0.15) is 0 Å². The number of allylic oxidation sites excluding steroid dienone is 1. The van der Waals surface area contributed by atoms with Crippen LogP contribution in [0.15, 0.2) is 36.5 Å². The molecule has 0 spiro atoms. The van der Waals surface area contributed by atoms with Crippen LogP contribution < -0.4 is 32.3 Å². The fourth-order valence-electron chi connectivity index (χ4n) is 7.26. The summed E-state index contributed by atoms with van der Waals surface area (Å²) < 4.78 is 5.91. The molecule has 1 aromatic carbocycles. The van der Waals surface area contributed by atoms with Gasteiger partial charge in [0.2, 0.25) is 47.3 Å². The topological polar surface area (TPSA) is 276 Å². The molecule has 66 heavy (non-hydrogen) atoms. The van der Waals surface area contributed by atoms with Gasteiger partial charge in [0.1, 0.15) is 48.1 Å². The Morgan fingerprint density at radius 3 is 1.91 bits per heavy atom. The number of nitrogens with one attached hydrogen (secondary N) is 5. The smallest absolute Gasteiger partial charge is 0.329 e. The first-order valence-corrected chi connectivity index (χ1v) is 22.9. The minimum atomic E-state index is -1.67. The molecule has 19 nitrogen and oxygen atoms in total. The Balaban J connectivity index is 2.61. The molecule has 0 fully saturated rings. The highest BCUT2D eigenvalue weighted by molar-refractivity contribution is 5.96. The Morgan fingerprint density at radius 2 is 1.38 bits per heavy atom. The van der Waals surface area contributed by atoms with E-state index < -0.39 is 102 Å². The zero-order chi connectivity index (χ0) is 50.0. The van der Waals surface area contributed by atoms with Crippen molar-refractivity contribution in [3.05, 3.63) is 42.1 Å². The first kappa shape index (κ1) is 56.1. The van der Waals surface area contributed by atoms with Gasteiger partial charge in [-0.3, -0.25) is 38.4 Å². The predicted molar refractivity (Wildman–Crippen MR) is 246 cm³/mol. The van der Waals surface area contributed by atoms with Crippen LogP contribution >= 0.6 is 0 Å². The van der Waals surface area contributed by atoms with Gasteiger partial charge in [-0.25, -0.2) is 4.79 Å². The Bertz CT molecular complexity index is 1890. The molecule has 0 bridgehead atoms. The van der Waals surface area contributed by atoms with Gasteiger partial charge in [0.25, 0.3) is 0 Å². The van der Waals surface area contributed by atoms with Crippen LogP contribution in [-0.2, 0) is 54.3 Å². The third kappa shape index (κ3) is 16.8. The van der Waals surface area contributed by atoms with E-state index in [0.717, 1.165) is 0 Å². The van der Waals surface area contributed by atoms with E-state index in [1.807, 2.05) is 33.8 Å². The monoisotopic (exact) mass is 927 g/mol. The summed E-state index contributed by atoms with van der Waals surface area (Å²) >= 11 is 0. The van der Waals surface area contributed by atoms with Crippen LogP contribution in [0.3, 0.4) is 0 Å². The maximum absolute atomic E-state index is 14.6. The molecule has 1 heterocycles. The zero-order valence-electron chi connectivity index (χ0n) is 40.5. The van der Waals surface area contributed by atoms with Crippen molar-refractivity contribution < 1.29 is 53.0 Å².